The number of nitrogens with one attached hydrogen (secondary N) is 2. The highest BCUT2D eigenvalue weighted by molar-refractivity contribution is 5.23. The van der Waals surface area contributed by atoms with Crippen LogP contribution in [-0.4, -0.2) is 16.5 Å². The molecule has 3 nitrogen and oxygen atoms in total. The van der Waals surface area contributed by atoms with Crippen LogP contribution in [0.2, 0.25) is 0 Å². The third-order valence-corrected chi connectivity index (χ3v) is 2.88. The average molecular weight is 265 g/mol. The zero-order chi connectivity index (χ0) is 13.5. The van der Waals surface area contributed by atoms with Crippen LogP contribution in [-0.2, 0) is 13.0 Å². The summed E-state index contributed by atoms with van der Waals surface area (Å²) in [5, 5.41) is 3.28. The number of H-pyrrole nitrogens is 1. The van der Waals surface area contributed by atoms with E-state index in [1.54, 1.807) is 18.3 Å². The van der Waals surface area contributed by atoms with E-state index in [1.807, 2.05) is 6.20 Å². The van der Waals surface area contributed by atoms with Gasteiger partial charge < -0.3 is 10.3 Å². The predicted octanol–water partition coefficient (Wildman–Crippen LogP) is 3.07. The van der Waals surface area contributed by atoms with E-state index in [0.29, 0.717) is 6.54 Å². The molecule has 0 atom stereocenters. The molecule has 0 unspecified atom stereocenters. The number of nitrogens with zero attached hydrogens (tertiary/aromatic N) is 1. The van der Waals surface area contributed by atoms with E-state index in [4.69, 9.17) is 0 Å². The summed E-state index contributed by atoms with van der Waals surface area (Å²) in [6.07, 6.45) is 3.06. The number of benzene rings is 1. The summed E-state index contributed by atoms with van der Waals surface area (Å²) in [6, 6.07) is 6.43. The molecular weight excluding hydrogens is 248 g/mol. The number of aromatic nitrogens is 2. The van der Waals surface area contributed by atoms with Crippen LogP contribution >= 0.6 is 0 Å². The Morgan fingerprint density at radius 3 is 2.63 bits per heavy atom. The molecule has 0 fully saturated rings. The van der Waals surface area contributed by atoms with Gasteiger partial charge in [0.25, 0.3) is 6.43 Å². The molecule has 0 amide bonds. The van der Waals surface area contributed by atoms with Crippen LogP contribution < -0.4 is 5.32 Å². The van der Waals surface area contributed by atoms with E-state index in [1.165, 1.54) is 12.1 Å². The van der Waals surface area contributed by atoms with Crippen molar-refractivity contribution < 1.29 is 8.78 Å². The number of alkyl halides is 2. The van der Waals surface area contributed by atoms with Crippen molar-refractivity contribution in [3.63, 3.8) is 0 Å². The van der Waals surface area contributed by atoms with Crippen molar-refractivity contribution in [3.05, 3.63) is 53.6 Å². The SMILES string of the molecule is FC(F)c1ccc(CNCCCc2ncc[nH]2)cc1. The number of aryl methyl sites for hydroxylation is 1. The lowest BCUT2D eigenvalue weighted by atomic mass is 10.1. The lowest BCUT2D eigenvalue weighted by molar-refractivity contribution is 0.151. The molecule has 1 aromatic heterocycles. The predicted molar refractivity (Wildman–Crippen MR) is 70.0 cm³/mol. The third-order valence-electron chi connectivity index (χ3n) is 2.88. The zero-order valence-corrected chi connectivity index (χ0v) is 10.6. The van der Waals surface area contributed by atoms with Crippen LogP contribution in [0.5, 0.6) is 0 Å². The van der Waals surface area contributed by atoms with Gasteiger partial charge in [-0.2, -0.15) is 0 Å². The number of hydrogen-bond acceptors (Lipinski definition) is 2. The number of imidazole rings is 1. The van der Waals surface area contributed by atoms with E-state index < -0.39 is 6.43 Å². The molecule has 0 radical (unpaired) electrons. The molecule has 2 N–H and O–H groups in total. The lowest BCUT2D eigenvalue weighted by Gasteiger charge is -2.05. The summed E-state index contributed by atoms with van der Waals surface area (Å²) in [7, 11) is 0. The molecule has 1 aromatic carbocycles. The van der Waals surface area contributed by atoms with Crippen molar-refractivity contribution in [1.82, 2.24) is 15.3 Å². The highest BCUT2D eigenvalue weighted by Crippen LogP contribution is 2.18. The molecule has 0 aliphatic rings. The molecule has 0 bridgehead atoms. The summed E-state index contributed by atoms with van der Waals surface area (Å²) in [4.78, 5) is 7.20. The highest BCUT2D eigenvalue weighted by atomic mass is 19.3. The molecule has 0 aliphatic carbocycles. The molecule has 0 aliphatic heterocycles. The summed E-state index contributed by atoms with van der Waals surface area (Å²) < 4.78 is 24.7. The summed E-state index contributed by atoms with van der Waals surface area (Å²) >= 11 is 0. The van der Waals surface area contributed by atoms with Gasteiger partial charge in [-0.1, -0.05) is 24.3 Å². The average Bonchev–Trinajstić information content (AvgIpc) is 2.92. The molecule has 19 heavy (non-hydrogen) atoms. The second-order valence-electron chi connectivity index (χ2n) is 4.36. The maximum absolute atomic E-state index is 12.4. The first-order chi connectivity index (χ1) is 9.25. The Balaban J connectivity index is 1.65. The van der Waals surface area contributed by atoms with E-state index in [2.05, 4.69) is 15.3 Å². The Morgan fingerprint density at radius 1 is 1.21 bits per heavy atom. The fourth-order valence-electron chi connectivity index (χ4n) is 1.83. The van der Waals surface area contributed by atoms with Crippen LogP contribution in [0.15, 0.2) is 36.7 Å². The minimum Gasteiger partial charge on any atom is -0.349 e. The van der Waals surface area contributed by atoms with Crippen LogP contribution in [0.4, 0.5) is 8.78 Å². The Bertz CT molecular complexity index is 466. The van der Waals surface area contributed by atoms with Crippen molar-refractivity contribution in [2.45, 2.75) is 25.8 Å². The number of hydrogen-bond donors (Lipinski definition) is 2. The summed E-state index contributed by atoms with van der Waals surface area (Å²) in [6.45, 7) is 1.57. The van der Waals surface area contributed by atoms with Crippen LogP contribution in [0.1, 0.15) is 29.8 Å². The van der Waals surface area contributed by atoms with Crippen LogP contribution in [0.3, 0.4) is 0 Å². The topological polar surface area (TPSA) is 40.7 Å². The first-order valence-corrected chi connectivity index (χ1v) is 6.31. The van der Waals surface area contributed by atoms with Crippen molar-refractivity contribution in [2.75, 3.05) is 6.54 Å². The summed E-state index contributed by atoms with van der Waals surface area (Å²) in [5.74, 6) is 0.989. The van der Waals surface area contributed by atoms with E-state index >= 15 is 0 Å². The first-order valence-electron chi connectivity index (χ1n) is 6.31. The van der Waals surface area contributed by atoms with Gasteiger partial charge in [0.05, 0.1) is 0 Å². The maximum atomic E-state index is 12.4. The molecule has 5 heteroatoms. The van der Waals surface area contributed by atoms with E-state index in [9.17, 15) is 8.78 Å². The molecule has 0 spiro atoms. The molecule has 0 saturated carbocycles. The number of halogens is 2. The van der Waals surface area contributed by atoms with Gasteiger partial charge >= 0.3 is 0 Å². The van der Waals surface area contributed by atoms with Gasteiger partial charge in [-0.15, -0.1) is 0 Å². The fraction of sp³-hybridized carbons (Fsp3) is 0.357. The highest BCUT2D eigenvalue weighted by Gasteiger charge is 2.05. The van der Waals surface area contributed by atoms with E-state index in [-0.39, 0.29) is 5.56 Å². The van der Waals surface area contributed by atoms with E-state index in [0.717, 1.165) is 30.8 Å². The lowest BCUT2D eigenvalue weighted by Crippen LogP contribution is -2.15. The minimum absolute atomic E-state index is 0.0709. The molecule has 102 valence electrons. The zero-order valence-electron chi connectivity index (χ0n) is 10.6. The second-order valence-corrected chi connectivity index (χ2v) is 4.36. The Morgan fingerprint density at radius 2 is 2.00 bits per heavy atom. The van der Waals surface area contributed by atoms with Gasteiger partial charge in [-0.3, -0.25) is 0 Å². The second kappa shape index (κ2) is 6.99. The van der Waals surface area contributed by atoms with Crippen molar-refractivity contribution in [3.8, 4) is 0 Å². The maximum Gasteiger partial charge on any atom is 0.263 e. The minimum atomic E-state index is -2.39. The first kappa shape index (κ1) is 13.7. The fourth-order valence-corrected chi connectivity index (χ4v) is 1.83. The number of rotatable bonds is 7. The molecule has 2 rings (SSSR count). The molecule has 2 aromatic rings. The van der Waals surface area contributed by atoms with Gasteiger partial charge in [0.15, 0.2) is 0 Å². The number of aromatic amines is 1. The standard InChI is InChI=1S/C14H17F2N3/c15-14(16)12-5-3-11(4-6-12)10-17-7-1-2-13-18-8-9-19-13/h3-6,8-9,14,17H,1-2,7,10H2,(H,18,19). The van der Waals surface area contributed by atoms with Gasteiger partial charge in [0, 0.05) is 30.9 Å². The summed E-state index contributed by atoms with van der Waals surface area (Å²) in [5.41, 5.74) is 1.09. The Kier molecular flexibility index (Phi) is 5.03. The van der Waals surface area contributed by atoms with Gasteiger partial charge in [-0.25, -0.2) is 13.8 Å². The Labute approximate surface area is 111 Å². The van der Waals surface area contributed by atoms with Crippen molar-refractivity contribution >= 4 is 0 Å². The molecule has 0 saturated heterocycles. The molecular formula is C14H17F2N3. The van der Waals surface area contributed by atoms with Crippen molar-refractivity contribution in [2.24, 2.45) is 0 Å². The van der Waals surface area contributed by atoms with Crippen LogP contribution in [0.25, 0.3) is 0 Å². The third kappa shape index (κ3) is 4.44. The quantitative estimate of drug-likeness (QED) is 0.755. The smallest absolute Gasteiger partial charge is 0.263 e. The van der Waals surface area contributed by atoms with Gasteiger partial charge in [-0.05, 0) is 18.5 Å². The normalized spacial score (nSPS) is 11.1. The van der Waals surface area contributed by atoms with Gasteiger partial charge in [0.1, 0.15) is 5.82 Å². The monoisotopic (exact) mass is 265 g/mol. The van der Waals surface area contributed by atoms with Crippen molar-refractivity contribution in [1.29, 1.82) is 0 Å². The van der Waals surface area contributed by atoms with Crippen LogP contribution in [0, 0.1) is 0 Å². The molecule has 1 heterocycles. The Hall–Kier alpha value is -1.75. The largest absolute Gasteiger partial charge is 0.349 e. The van der Waals surface area contributed by atoms with Gasteiger partial charge in [0.2, 0.25) is 0 Å².